The molecule has 0 radical (unpaired) electrons. The van der Waals surface area contributed by atoms with Gasteiger partial charge in [-0.05, 0) is 6.42 Å². The summed E-state index contributed by atoms with van der Waals surface area (Å²) < 4.78 is 61.1. The highest BCUT2D eigenvalue weighted by molar-refractivity contribution is 5.59. The van der Waals surface area contributed by atoms with Crippen molar-refractivity contribution in [3.63, 3.8) is 0 Å². The molecule has 1 aliphatic rings. The first-order valence-electron chi connectivity index (χ1n) is 11.6. The van der Waals surface area contributed by atoms with Gasteiger partial charge in [-0.3, -0.25) is 14.3 Å². The van der Waals surface area contributed by atoms with Gasteiger partial charge in [0.05, 0.1) is 12.7 Å². The number of alkyl halides is 3. The van der Waals surface area contributed by atoms with E-state index in [2.05, 4.69) is 12.8 Å². The van der Waals surface area contributed by atoms with Crippen molar-refractivity contribution in [3.05, 3.63) is 32.6 Å². The summed E-state index contributed by atoms with van der Waals surface area (Å²) in [6.45, 7) is 1.89. The number of carbonyl (C=O) groups is 1. The lowest BCUT2D eigenvalue weighted by Gasteiger charge is -2.18. The van der Waals surface area contributed by atoms with Crippen molar-refractivity contribution in [2.75, 3.05) is 19.8 Å². The fourth-order valence-corrected chi connectivity index (χ4v) is 3.66. The summed E-state index contributed by atoms with van der Waals surface area (Å²) in [6, 6.07) is 0. The molecule has 0 aromatic carbocycles. The molecule has 0 unspecified atom stereocenters. The Kier molecular flexibility index (Phi) is 11.3. The maximum absolute atomic E-state index is 13.1. The van der Waals surface area contributed by atoms with E-state index in [1.807, 2.05) is 0 Å². The lowest BCUT2D eigenvalue weighted by molar-refractivity contribution is -0.139. The maximum Gasteiger partial charge on any atom is 0.508 e. The Morgan fingerprint density at radius 2 is 1.89 bits per heavy atom. The molecule has 9 nitrogen and oxygen atoms in total. The van der Waals surface area contributed by atoms with Crippen LogP contribution in [0.4, 0.5) is 18.0 Å². The largest absolute Gasteiger partial charge is 0.508 e. The minimum atomic E-state index is -4.97. The molecule has 1 saturated heterocycles. The monoisotopic (exact) mass is 504 g/mol. The molecular weight excluding hydrogens is 473 g/mol. The van der Waals surface area contributed by atoms with E-state index in [1.54, 1.807) is 4.98 Å². The van der Waals surface area contributed by atoms with Crippen LogP contribution >= 0.6 is 0 Å². The number of nitrogens with one attached hydrogen (secondary N) is 1. The van der Waals surface area contributed by atoms with Crippen LogP contribution in [-0.4, -0.2) is 47.7 Å². The minimum Gasteiger partial charge on any atom is -0.434 e. The number of nitrogens with zero attached hydrogens (tertiary/aromatic N) is 1. The first-order chi connectivity index (χ1) is 16.7. The fraction of sp³-hybridized carbons (Fsp3) is 0.696. The summed E-state index contributed by atoms with van der Waals surface area (Å²) in [5.41, 5.74) is -4.18. The Labute approximate surface area is 200 Å². The zero-order valence-electron chi connectivity index (χ0n) is 19.6. The highest BCUT2D eigenvalue weighted by atomic mass is 19.4. The van der Waals surface area contributed by atoms with Crippen LogP contribution in [0.3, 0.4) is 0 Å². The predicted octanol–water partition coefficient (Wildman–Crippen LogP) is 3.77. The van der Waals surface area contributed by atoms with Crippen molar-refractivity contribution in [2.45, 2.75) is 82.9 Å². The van der Waals surface area contributed by atoms with Crippen LogP contribution in [0, 0.1) is 12.3 Å². The smallest absolute Gasteiger partial charge is 0.434 e. The van der Waals surface area contributed by atoms with Gasteiger partial charge in [-0.15, -0.1) is 6.42 Å². The SMILES string of the molecule is C#CCO[C@H]1C[C@H](n2cc(C(F)(F)F)c(=O)[nH]c2=O)O[C@@H]1COC(=O)OCCCCCCCCC. The van der Waals surface area contributed by atoms with Gasteiger partial charge in [0.1, 0.15) is 31.1 Å². The van der Waals surface area contributed by atoms with Crippen LogP contribution in [0.25, 0.3) is 0 Å². The summed E-state index contributed by atoms with van der Waals surface area (Å²) in [6.07, 6.45) is 4.13. The standard InChI is InChI=1S/C23H31F3N2O7/c1-3-5-6-7-8-9-10-12-33-22(31)34-15-18-17(32-11-4-2)13-19(35-18)28-14-16(23(24,25)26)20(29)27-21(28)30/h2,14,17-19H,3,5-13,15H2,1H3,(H,27,29,30)/t17-,18+,19+/m0/s1. The predicted molar refractivity (Wildman–Crippen MR) is 119 cm³/mol. The lowest BCUT2D eigenvalue weighted by atomic mass is 10.1. The Morgan fingerprint density at radius 3 is 2.54 bits per heavy atom. The quantitative estimate of drug-likeness (QED) is 0.248. The summed E-state index contributed by atoms with van der Waals surface area (Å²) in [7, 11) is 0. The minimum absolute atomic E-state index is 0.0635. The van der Waals surface area contributed by atoms with E-state index < -0.39 is 47.6 Å². The number of unbranched alkanes of at least 4 members (excludes halogenated alkanes) is 6. The van der Waals surface area contributed by atoms with Gasteiger partial charge < -0.3 is 18.9 Å². The van der Waals surface area contributed by atoms with Gasteiger partial charge in [0.25, 0.3) is 5.56 Å². The van der Waals surface area contributed by atoms with Gasteiger partial charge >= 0.3 is 18.0 Å². The van der Waals surface area contributed by atoms with Crippen molar-refractivity contribution in [2.24, 2.45) is 0 Å². The zero-order valence-corrected chi connectivity index (χ0v) is 19.6. The molecule has 3 atom stereocenters. The summed E-state index contributed by atoms with van der Waals surface area (Å²) >= 11 is 0. The molecule has 0 bridgehead atoms. The molecule has 2 rings (SSSR count). The van der Waals surface area contributed by atoms with Crippen LogP contribution in [-0.2, 0) is 25.1 Å². The van der Waals surface area contributed by atoms with E-state index in [1.165, 1.54) is 19.3 Å². The summed E-state index contributed by atoms with van der Waals surface area (Å²) in [5.74, 6) is 2.26. The number of ether oxygens (including phenoxy) is 4. The van der Waals surface area contributed by atoms with E-state index in [0.717, 1.165) is 19.3 Å². The average Bonchev–Trinajstić information content (AvgIpc) is 3.19. The highest BCUT2D eigenvalue weighted by Gasteiger charge is 2.40. The third-order valence-corrected chi connectivity index (χ3v) is 5.48. The average molecular weight is 505 g/mol. The summed E-state index contributed by atoms with van der Waals surface area (Å²) in [4.78, 5) is 37.2. The molecule has 1 N–H and O–H groups in total. The molecule has 12 heteroatoms. The van der Waals surface area contributed by atoms with Crippen molar-refractivity contribution in [1.29, 1.82) is 0 Å². The first kappa shape index (κ1) is 28.5. The van der Waals surface area contributed by atoms with Gasteiger partial charge in [0.2, 0.25) is 0 Å². The number of hydrogen-bond donors (Lipinski definition) is 1. The van der Waals surface area contributed by atoms with E-state index in [0.29, 0.717) is 17.2 Å². The molecule has 1 aliphatic heterocycles. The van der Waals surface area contributed by atoms with E-state index in [-0.39, 0.29) is 26.2 Å². The van der Waals surface area contributed by atoms with Gasteiger partial charge in [-0.1, -0.05) is 51.4 Å². The highest BCUT2D eigenvalue weighted by Crippen LogP contribution is 2.32. The molecule has 0 amide bonds. The van der Waals surface area contributed by atoms with Gasteiger partial charge in [0.15, 0.2) is 0 Å². The molecule has 1 fully saturated rings. The molecular formula is C23H31F3N2O7. The van der Waals surface area contributed by atoms with E-state index in [9.17, 15) is 27.6 Å². The van der Waals surface area contributed by atoms with E-state index in [4.69, 9.17) is 25.4 Å². The number of aromatic nitrogens is 2. The van der Waals surface area contributed by atoms with Crippen LogP contribution in [0.2, 0.25) is 0 Å². The first-order valence-corrected chi connectivity index (χ1v) is 11.6. The van der Waals surface area contributed by atoms with Gasteiger partial charge in [-0.25, -0.2) is 9.59 Å². The van der Waals surface area contributed by atoms with Crippen LogP contribution in [0.1, 0.15) is 70.1 Å². The number of rotatable bonds is 13. The number of carbonyl (C=O) groups excluding carboxylic acids is 1. The number of H-pyrrole nitrogens is 1. The normalized spacial score (nSPS) is 19.9. The molecule has 0 saturated carbocycles. The van der Waals surface area contributed by atoms with Gasteiger partial charge in [0, 0.05) is 12.6 Å². The molecule has 35 heavy (non-hydrogen) atoms. The lowest BCUT2D eigenvalue weighted by Crippen LogP contribution is -2.36. The molecule has 0 aliphatic carbocycles. The topological polar surface area (TPSA) is 109 Å². The maximum atomic E-state index is 13.1. The third kappa shape index (κ3) is 9.07. The third-order valence-electron chi connectivity index (χ3n) is 5.48. The van der Waals surface area contributed by atoms with Crippen LogP contribution in [0.15, 0.2) is 15.8 Å². The fourth-order valence-electron chi connectivity index (χ4n) is 3.66. The van der Waals surface area contributed by atoms with Crippen molar-refractivity contribution in [3.8, 4) is 12.3 Å². The van der Waals surface area contributed by atoms with Gasteiger partial charge in [-0.2, -0.15) is 13.2 Å². The Hall–Kier alpha value is -2.78. The Bertz CT molecular complexity index is 968. The molecule has 196 valence electrons. The molecule has 0 spiro atoms. The number of halogens is 3. The second-order valence-corrected chi connectivity index (χ2v) is 8.16. The number of hydrogen-bond acceptors (Lipinski definition) is 7. The second-order valence-electron chi connectivity index (χ2n) is 8.16. The van der Waals surface area contributed by atoms with Crippen LogP contribution < -0.4 is 11.2 Å². The van der Waals surface area contributed by atoms with E-state index >= 15 is 0 Å². The second kappa shape index (κ2) is 13.9. The molecule has 2 heterocycles. The number of aromatic amines is 1. The Balaban J connectivity index is 1.92. The Morgan fingerprint density at radius 1 is 1.20 bits per heavy atom. The van der Waals surface area contributed by atoms with Crippen molar-refractivity contribution < 1.29 is 36.9 Å². The zero-order chi connectivity index (χ0) is 25.8. The van der Waals surface area contributed by atoms with Crippen molar-refractivity contribution in [1.82, 2.24) is 9.55 Å². The molecule has 1 aromatic heterocycles. The van der Waals surface area contributed by atoms with Crippen molar-refractivity contribution >= 4 is 6.16 Å². The summed E-state index contributed by atoms with van der Waals surface area (Å²) in [5, 5.41) is 0. The number of terminal acetylenes is 1. The molecule has 1 aromatic rings. The van der Waals surface area contributed by atoms with Crippen LogP contribution in [0.5, 0.6) is 0 Å².